The summed E-state index contributed by atoms with van der Waals surface area (Å²) in [6, 6.07) is 8.28. The number of methoxy groups -OCH3 is 2. The molecule has 0 aliphatic carbocycles. The fraction of sp³-hybridized carbons (Fsp3) is 0.133. The Morgan fingerprint density at radius 1 is 1.08 bits per heavy atom. The minimum Gasteiger partial charge on any atom is -0.495 e. The first-order valence-electron chi connectivity index (χ1n) is 6.52. The Balaban J connectivity index is 2.47. The number of benzene rings is 2. The molecule has 1 N–H and O–H groups in total. The van der Waals surface area contributed by atoms with Crippen LogP contribution in [0.5, 0.6) is 5.75 Å². The Labute approximate surface area is 149 Å². The van der Waals surface area contributed by atoms with Crippen molar-refractivity contribution in [1.29, 1.82) is 0 Å². The second-order valence-electron chi connectivity index (χ2n) is 4.59. The lowest BCUT2D eigenvalue weighted by molar-refractivity contribution is 0.0601. The maximum atomic E-state index is 12.6. The first kappa shape index (κ1) is 18.4. The summed E-state index contributed by atoms with van der Waals surface area (Å²) < 4.78 is 37.2. The van der Waals surface area contributed by atoms with Crippen LogP contribution in [0.4, 0.5) is 5.69 Å². The lowest BCUT2D eigenvalue weighted by atomic mass is 10.2. The van der Waals surface area contributed by atoms with Crippen molar-refractivity contribution in [3.05, 3.63) is 52.0 Å². The highest BCUT2D eigenvalue weighted by molar-refractivity contribution is 7.92. The van der Waals surface area contributed by atoms with Gasteiger partial charge in [0.25, 0.3) is 10.0 Å². The third kappa shape index (κ3) is 3.92. The summed E-state index contributed by atoms with van der Waals surface area (Å²) >= 11 is 11.9. The Kier molecular flexibility index (Phi) is 5.58. The van der Waals surface area contributed by atoms with E-state index in [1.54, 1.807) is 0 Å². The topological polar surface area (TPSA) is 81.7 Å². The molecule has 128 valence electrons. The lowest BCUT2D eigenvalue weighted by Crippen LogP contribution is -2.15. The van der Waals surface area contributed by atoms with Crippen molar-refractivity contribution in [2.24, 2.45) is 0 Å². The van der Waals surface area contributed by atoms with Gasteiger partial charge in [0.1, 0.15) is 10.6 Å². The van der Waals surface area contributed by atoms with Gasteiger partial charge in [0.2, 0.25) is 0 Å². The Morgan fingerprint density at radius 2 is 1.79 bits per heavy atom. The highest BCUT2D eigenvalue weighted by atomic mass is 35.5. The van der Waals surface area contributed by atoms with Crippen molar-refractivity contribution >= 4 is 44.9 Å². The summed E-state index contributed by atoms with van der Waals surface area (Å²) in [4.78, 5) is 11.4. The molecule has 0 aliphatic rings. The molecule has 0 saturated heterocycles. The van der Waals surface area contributed by atoms with E-state index in [1.807, 2.05) is 0 Å². The van der Waals surface area contributed by atoms with E-state index in [0.29, 0.717) is 0 Å². The molecular formula is C15H13Cl2NO5S. The number of hydrogen-bond donors (Lipinski definition) is 1. The van der Waals surface area contributed by atoms with Crippen LogP contribution < -0.4 is 9.46 Å². The Morgan fingerprint density at radius 3 is 2.42 bits per heavy atom. The molecule has 0 bridgehead atoms. The Hall–Kier alpha value is -1.96. The van der Waals surface area contributed by atoms with Gasteiger partial charge in [0, 0.05) is 5.02 Å². The van der Waals surface area contributed by atoms with E-state index in [0.717, 1.165) is 0 Å². The van der Waals surface area contributed by atoms with Crippen molar-refractivity contribution in [1.82, 2.24) is 0 Å². The number of sulfonamides is 1. The van der Waals surface area contributed by atoms with Gasteiger partial charge in [-0.25, -0.2) is 13.2 Å². The summed E-state index contributed by atoms with van der Waals surface area (Å²) in [5.74, 6) is -0.500. The fourth-order valence-corrected chi connectivity index (χ4v) is 3.63. The van der Waals surface area contributed by atoms with Crippen LogP contribution in [0.2, 0.25) is 10.0 Å². The van der Waals surface area contributed by atoms with Gasteiger partial charge in [-0.1, -0.05) is 23.2 Å². The first-order valence-corrected chi connectivity index (χ1v) is 8.76. The summed E-state index contributed by atoms with van der Waals surface area (Å²) in [6.45, 7) is 0. The van der Waals surface area contributed by atoms with E-state index in [-0.39, 0.29) is 31.9 Å². The molecule has 2 aromatic carbocycles. The second kappa shape index (κ2) is 7.29. The molecule has 0 atom stereocenters. The normalized spacial score (nSPS) is 11.0. The van der Waals surface area contributed by atoms with Crippen LogP contribution >= 0.6 is 23.2 Å². The molecule has 0 heterocycles. The van der Waals surface area contributed by atoms with Gasteiger partial charge in [-0.3, -0.25) is 4.72 Å². The summed E-state index contributed by atoms with van der Waals surface area (Å²) in [5, 5.41) is 0.345. The minimum atomic E-state index is -4.05. The van der Waals surface area contributed by atoms with Crippen LogP contribution in [0.1, 0.15) is 10.4 Å². The molecule has 0 spiro atoms. The summed E-state index contributed by atoms with van der Waals surface area (Å²) in [7, 11) is -1.49. The van der Waals surface area contributed by atoms with Crippen LogP contribution in [0.25, 0.3) is 0 Å². The summed E-state index contributed by atoms with van der Waals surface area (Å²) in [5.41, 5.74) is 0.180. The number of nitrogens with one attached hydrogen (secondary N) is 1. The average molecular weight is 390 g/mol. The SMILES string of the molecule is COC(=O)c1ccc(Cl)c(NS(=O)(=O)c2cc(Cl)ccc2OC)c1. The smallest absolute Gasteiger partial charge is 0.337 e. The highest BCUT2D eigenvalue weighted by Crippen LogP contribution is 2.31. The molecule has 0 aromatic heterocycles. The van der Waals surface area contributed by atoms with Gasteiger partial charge in [0.05, 0.1) is 30.5 Å². The zero-order valence-electron chi connectivity index (χ0n) is 12.7. The van der Waals surface area contributed by atoms with E-state index >= 15 is 0 Å². The third-order valence-electron chi connectivity index (χ3n) is 3.05. The van der Waals surface area contributed by atoms with Gasteiger partial charge in [-0.2, -0.15) is 0 Å². The molecule has 0 unspecified atom stereocenters. The van der Waals surface area contributed by atoms with E-state index in [1.165, 1.54) is 50.6 Å². The van der Waals surface area contributed by atoms with E-state index in [9.17, 15) is 13.2 Å². The molecular weight excluding hydrogens is 377 g/mol. The van der Waals surface area contributed by atoms with Crippen molar-refractivity contribution in [2.75, 3.05) is 18.9 Å². The fourth-order valence-electron chi connectivity index (χ4n) is 1.91. The molecule has 0 amide bonds. The van der Waals surface area contributed by atoms with Crippen molar-refractivity contribution in [3.63, 3.8) is 0 Å². The van der Waals surface area contributed by atoms with Crippen LogP contribution in [-0.4, -0.2) is 28.6 Å². The summed E-state index contributed by atoms with van der Waals surface area (Å²) in [6.07, 6.45) is 0. The van der Waals surface area contributed by atoms with Gasteiger partial charge in [0.15, 0.2) is 0 Å². The number of carbonyl (C=O) groups excluding carboxylic acids is 1. The number of rotatable bonds is 5. The number of halogens is 2. The number of esters is 1. The minimum absolute atomic E-state index is 0.0293. The predicted molar refractivity (Wildman–Crippen MR) is 91.6 cm³/mol. The monoisotopic (exact) mass is 389 g/mol. The van der Waals surface area contributed by atoms with E-state index in [4.69, 9.17) is 27.9 Å². The van der Waals surface area contributed by atoms with Crippen LogP contribution in [-0.2, 0) is 14.8 Å². The van der Waals surface area contributed by atoms with Crippen LogP contribution in [0, 0.1) is 0 Å². The molecule has 2 aromatic rings. The predicted octanol–water partition coefficient (Wildman–Crippen LogP) is 3.59. The number of ether oxygens (including phenoxy) is 2. The van der Waals surface area contributed by atoms with E-state index in [2.05, 4.69) is 9.46 Å². The molecule has 0 fully saturated rings. The number of carbonyl (C=O) groups is 1. The quantitative estimate of drug-likeness (QED) is 0.790. The van der Waals surface area contributed by atoms with Crippen molar-refractivity contribution in [3.8, 4) is 5.75 Å². The van der Waals surface area contributed by atoms with Gasteiger partial charge in [-0.15, -0.1) is 0 Å². The van der Waals surface area contributed by atoms with Gasteiger partial charge >= 0.3 is 5.97 Å². The third-order valence-corrected chi connectivity index (χ3v) is 5.00. The zero-order valence-corrected chi connectivity index (χ0v) is 15.0. The standard InChI is InChI=1S/C15H13Cl2NO5S/c1-22-13-6-4-10(16)8-14(13)24(20,21)18-12-7-9(15(19)23-2)3-5-11(12)17/h3-8,18H,1-2H3. The van der Waals surface area contributed by atoms with Crippen molar-refractivity contribution in [2.45, 2.75) is 4.90 Å². The highest BCUT2D eigenvalue weighted by Gasteiger charge is 2.22. The zero-order chi connectivity index (χ0) is 17.9. The maximum absolute atomic E-state index is 12.6. The molecule has 0 radical (unpaired) electrons. The average Bonchev–Trinajstić information content (AvgIpc) is 2.56. The number of hydrogen-bond acceptors (Lipinski definition) is 5. The molecule has 6 nitrogen and oxygen atoms in total. The van der Waals surface area contributed by atoms with Gasteiger partial charge in [-0.05, 0) is 36.4 Å². The van der Waals surface area contributed by atoms with Gasteiger partial charge < -0.3 is 9.47 Å². The maximum Gasteiger partial charge on any atom is 0.337 e. The van der Waals surface area contributed by atoms with Crippen molar-refractivity contribution < 1.29 is 22.7 Å². The molecule has 0 aliphatic heterocycles. The first-order chi connectivity index (χ1) is 11.3. The largest absolute Gasteiger partial charge is 0.495 e. The van der Waals surface area contributed by atoms with Crippen LogP contribution in [0.3, 0.4) is 0 Å². The molecule has 24 heavy (non-hydrogen) atoms. The Bertz CT molecular complexity index is 883. The number of anilines is 1. The molecule has 2 rings (SSSR count). The van der Waals surface area contributed by atoms with Crippen LogP contribution in [0.15, 0.2) is 41.3 Å². The molecule has 9 heteroatoms. The molecule has 0 saturated carbocycles. The lowest BCUT2D eigenvalue weighted by Gasteiger charge is -2.13. The second-order valence-corrected chi connectivity index (χ2v) is 7.08. The van der Waals surface area contributed by atoms with E-state index < -0.39 is 16.0 Å².